The summed E-state index contributed by atoms with van der Waals surface area (Å²) in [6.45, 7) is 0. The second kappa shape index (κ2) is 10.8. The predicted molar refractivity (Wildman–Crippen MR) is 212 cm³/mol. The van der Waals surface area contributed by atoms with Gasteiger partial charge >= 0.3 is 0 Å². The summed E-state index contributed by atoms with van der Waals surface area (Å²) in [5.74, 6) is 0. The van der Waals surface area contributed by atoms with Crippen LogP contribution in [0.3, 0.4) is 0 Å². The lowest BCUT2D eigenvalue weighted by Gasteiger charge is -2.11. The molecule has 0 amide bonds. The highest BCUT2D eigenvalue weighted by Gasteiger charge is 2.20. The fourth-order valence-corrected chi connectivity index (χ4v) is 8.05. The van der Waals surface area contributed by atoms with Crippen LogP contribution < -0.4 is 0 Å². The standard InChI is InChI=1S/C48H29NO2/c1-3-12-30(13-4-1)32-26-33(31-14-5-2-6-15-31)28-34(27-32)36-18-11-19-41-46-44(50-47(36)41)25-24-40-39-23-22-35(29-45(39)51-48(40)46)49-42-20-9-7-16-37(42)38-17-8-10-21-43(38)49/h1-29H. The third-order valence-corrected chi connectivity index (χ3v) is 10.4. The van der Waals surface area contributed by atoms with Crippen LogP contribution in [0.4, 0.5) is 0 Å². The second-order valence-corrected chi connectivity index (χ2v) is 13.3. The van der Waals surface area contributed by atoms with Crippen molar-refractivity contribution in [3.63, 3.8) is 0 Å². The molecule has 3 heteroatoms. The van der Waals surface area contributed by atoms with Crippen molar-refractivity contribution in [3.8, 4) is 39.1 Å². The smallest absolute Gasteiger partial charge is 0.147 e. The Morgan fingerprint density at radius 2 is 0.902 bits per heavy atom. The van der Waals surface area contributed by atoms with Crippen molar-refractivity contribution in [1.29, 1.82) is 0 Å². The highest BCUT2D eigenvalue weighted by atomic mass is 16.3. The van der Waals surface area contributed by atoms with Gasteiger partial charge in [0.15, 0.2) is 0 Å². The van der Waals surface area contributed by atoms with Crippen molar-refractivity contribution in [3.05, 3.63) is 176 Å². The number of para-hydroxylation sites is 3. The fourth-order valence-electron chi connectivity index (χ4n) is 8.05. The number of rotatable bonds is 4. The maximum Gasteiger partial charge on any atom is 0.147 e. The second-order valence-electron chi connectivity index (χ2n) is 13.3. The summed E-state index contributed by atoms with van der Waals surface area (Å²) in [4.78, 5) is 0. The molecule has 3 heterocycles. The molecule has 3 aromatic heterocycles. The Kier molecular flexibility index (Phi) is 5.96. The van der Waals surface area contributed by atoms with Crippen LogP contribution in [-0.4, -0.2) is 4.57 Å². The van der Waals surface area contributed by atoms with Crippen LogP contribution in [0.2, 0.25) is 0 Å². The van der Waals surface area contributed by atoms with E-state index in [0.29, 0.717) is 0 Å². The quantitative estimate of drug-likeness (QED) is 0.190. The largest absolute Gasteiger partial charge is 0.455 e. The van der Waals surface area contributed by atoms with Gasteiger partial charge in [-0.3, -0.25) is 0 Å². The van der Waals surface area contributed by atoms with Gasteiger partial charge < -0.3 is 13.4 Å². The van der Waals surface area contributed by atoms with Crippen LogP contribution in [0.25, 0.3) is 105 Å². The van der Waals surface area contributed by atoms with Crippen LogP contribution >= 0.6 is 0 Å². The summed E-state index contributed by atoms with van der Waals surface area (Å²) in [5, 5.41) is 6.69. The van der Waals surface area contributed by atoms with Crippen LogP contribution in [0.5, 0.6) is 0 Å². The number of aromatic nitrogens is 1. The molecule has 0 aliphatic heterocycles. The topological polar surface area (TPSA) is 31.2 Å². The molecule has 51 heavy (non-hydrogen) atoms. The molecule has 0 bridgehead atoms. The summed E-state index contributed by atoms with van der Waals surface area (Å²) >= 11 is 0. The van der Waals surface area contributed by atoms with Gasteiger partial charge in [-0.05, 0) is 82.4 Å². The number of hydrogen-bond acceptors (Lipinski definition) is 2. The van der Waals surface area contributed by atoms with E-state index >= 15 is 0 Å². The molecule has 0 radical (unpaired) electrons. The molecule has 0 spiro atoms. The molecule has 11 aromatic rings. The molecule has 0 fully saturated rings. The zero-order valence-electron chi connectivity index (χ0n) is 27.5. The molecule has 238 valence electrons. The summed E-state index contributed by atoms with van der Waals surface area (Å²) < 4.78 is 15.9. The maximum atomic E-state index is 6.82. The van der Waals surface area contributed by atoms with Crippen molar-refractivity contribution in [2.75, 3.05) is 0 Å². The first-order chi connectivity index (χ1) is 25.3. The Balaban J connectivity index is 1.12. The Bertz CT molecular complexity index is 3010. The zero-order valence-corrected chi connectivity index (χ0v) is 27.5. The van der Waals surface area contributed by atoms with Gasteiger partial charge in [-0.1, -0.05) is 115 Å². The van der Waals surface area contributed by atoms with Crippen LogP contribution in [0, 0.1) is 0 Å². The molecule has 0 saturated heterocycles. The van der Waals surface area contributed by atoms with Crippen molar-refractivity contribution >= 4 is 65.7 Å². The Labute approximate surface area is 293 Å². The third-order valence-electron chi connectivity index (χ3n) is 10.4. The van der Waals surface area contributed by atoms with E-state index < -0.39 is 0 Å². The van der Waals surface area contributed by atoms with E-state index in [-0.39, 0.29) is 0 Å². The number of hydrogen-bond donors (Lipinski definition) is 0. The third kappa shape index (κ3) is 4.25. The molecule has 0 saturated carbocycles. The summed E-state index contributed by atoms with van der Waals surface area (Å²) in [7, 11) is 0. The molecule has 11 rings (SSSR count). The van der Waals surface area contributed by atoms with E-state index in [4.69, 9.17) is 8.83 Å². The van der Waals surface area contributed by atoms with Gasteiger partial charge in [-0.2, -0.15) is 0 Å². The van der Waals surface area contributed by atoms with Gasteiger partial charge in [0.05, 0.1) is 16.4 Å². The lowest BCUT2D eigenvalue weighted by atomic mass is 9.92. The van der Waals surface area contributed by atoms with E-state index in [1.807, 2.05) is 0 Å². The summed E-state index contributed by atoms with van der Waals surface area (Å²) in [6, 6.07) is 62.4. The van der Waals surface area contributed by atoms with E-state index in [1.165, 1.54) is 44.1 Å². The first kappa shape index (κ1) is 28.0. The van der Waals surface area contributed by atoms with Gasteiger partial charge in [0.2, 0.25) is 0 Å². The van der Waals surface area contributed by atoms with Gasteiger partial charge in [0.25, 0.3) is 0 Å². The fraction of sp³-hybridized carbons (Fsp3) is 0. The number of fused-ring (bicyclic) bond motifs is 10. The van der Waals surface area contributed by atoms with E-state index in [2.05, 4.69) is 180 Å². The van der Waals surface area contributed by atoms with E-state index in [0.717, 1.165) is 60.7 Å². The van der Waals surface area contributed by atoms with Crippen molar-refractivity contribution in [1.82, 2.24) is 4.57 Å². The highest BCUT2D eigenvalue weighted by molar-refractivity contribution is 6.23. The minimum Gasteiger partial charge on any atom is -0.455 e. The molecule has 0 N–H and O–H groups in total. The van der Waals surface area contributed by atoms with E-state index in [1.54, 1.807) is 0 Å². The first-order valence-corrected chi connectivity index (χ1v) is 17.3. The zero-order chi connectivity index (χ0) is 33.5. The molecule has 0 aliphatic carbocycles. The SMILES string of the molecule is c1ccc(-c2cc(-c3ccccc3)cc(-c3cccc4c3oc3ccc5c6ccc(-n7c8ccccc8c8ccccc87)cc6oc5c34)c2)cc1. The number of nitrogens with zero attached hydrogens (tertiary/aromatic N) is 1. The van der Waals surface area contributed by atoms with Gasteiger partial charge in [0, 0.05) is 44.2 Å². The Morgan fingerprint density at radius 1 is 0.333 bits per heavy atom. The lowest BCUT2D eigenvalue weighted by Crippen LogP contribution is -1.93. The highest BCUT2D eigenvalue weighted by Crippen LogP contribution is 2.44. The molecule has 0 unspecified atom stereocenters. The molecule has 3 nitrogen and oxygen atoms in total. The molecular weight excluding hydrogens is 623 g/mol. The van der Waals surface area contributed by atoms with Gasteiger partial charge in [-0.15, -0.1) is 0 Å². The van der Waals surface area contributed by atoms with Crippen LogP contribution in [0.15, 0.2) is 185 Å². The average Bonchev–Trinajstić information content (AvgIpc) is 3.87. The normalized spacial score (nSPS) is 11.9. The van der Waals surface area contributed by atoms with Crippen LogP contribution in [-0.2, 0) is 0 Å². The van der Waals surface area contributed by atoms with E-state index in [9.17, 15) is 0 Å². The average molecular weight is 652 g/mol. The van der Waals surface area contributed by atoms with Gasteiger partial charge in [-0.25, -0.2) is 0 Å². The molecule has 8 aromatic carbocycles. The molecule has 0 atom stereocenters. The van der Waals surface area contributed by atoms with Crippen molar-refractivity contribution in [2.45, 2.75) is 0 Å². The Morgan fingerprint density at radius 3 is 1.59 bits per heavy atom. The minimum absolute atomic E-state index is 0.814. The number of furan rings is 2. The number of benzene rings is 8. The molecule has 0 aliphatic rings. The lowest BCUT2D eigenvalue weighted by molar-refractivity contribution is 0.663. The first-order valence-electron chi connectivity index (χ1n) is 17.3. The Hall–Kier alpha value is -6.84. The van der Waals surface area contributed by atoms with Crippen molar-refractivity contribution in [2.24, 2.45) is 0 Å². The summed E-state index contributed by atoms with van der Waals surface area (Å²) in [6.07, 6.45) is 0. The van der Waals surface area contributed by atoms with Crippen molar-refractivity contribution < 1.29 is 8.83 Å². The summed E-state index contributed by atoms with van der Waals surface area (Å²) in [5.41, 5.74) is 13.6. The monoisotopic (exact) mass is 651 g/mol. The van der Waals surface area contributed by atoms with Gasteiger partial charge in [0.1, 0.15) is 22.3 Å². The predicted octanol–water partition coefficient (Wildman–Crippen LogP) is 13.6. The van der Waals surface area contributed by atoms with Crippen LogP contribution in [0.1, 0.15) is 0 Å². The molecular formula is C48H29NO2. The minimum atomic E-state index is 0.814. The maximum absolute atomic E-state index is 6.82.